The molecule has 0 saturated carbocycles. The minimum Gasteiger partial charge on any atom is -0.381 e. The lowest BCUT2D eigenvalue weighted by Crippen LogP contribution is -2.00. The first-order valence-electron chi connectivity index (χ1n) is 5.81. The number of benzene rings is 2. The molecule has 0 aliphatic heterocycles. The van der Waals surface area contributed by atoms with Crippen molar-refractivity contribution in [3.63, 3.8) is 0 Å². The summed E-state index contributed by atoms with van der Waals surface area (Å²) in [5, 5.41) is 3.35. The Hall–Kier alpha value is -1.35. The molecule has 0 aliphatic rings. The average molecular weight is 308 g/mol. The topological polar surface area (TPSA) is 12.0 Å². The van der Waals surface area contributed by atoms with Gasteiger partial charge in [-0.2, -0.15) is 0 Å². The van der Waals surface area contributed by atoms with Crippen molar-refractivity contribution in [3.8, 4) is 0 Å². The van der Waals surface area contributed by atoms with Crippen molar-refractivity contribution in [2.45, 2.75) is 20.4 Å². The van der Waals surface area contributed by atoms with Gasteiger partial charge in [0.1, 0.15) is 5.82 Å². The van der Waals surface area contributed by atoms with Crippen molar-refractivity contribution in [2.75, 3.05) is 5.32 Å². The number of aryl methyl sites for hydroxylation is 2. The number of halogens is 2. The zero-order chi connectivity index (χ0) is 13.1. The molecule has 0 heterocycles. The molecule has 2 aromatic carbocycles. The lowest BCUT2D eigenvalue weighted by molar-refractivity contribution is 0.620. The fourth-order valence-electron chi connectivity index (χ4n) is 1.93. The highest BCUT2D eigenvalue weighted by Crippen LogP contribution is 2.19. The molecule has 0 saturated heterocycles. The molecule has 18 heavy (non-hydrogen) atoms. The van der Waals surface area contributed by atoms with Gasteiger partial charge in [-0.25, -0.2) is 4.39 Å². The molecule has 94 valence electrons. The monoisotopic (exact) mass is 307 g/mol. The SMILES string of the molecule is Cc1cc(C)cc(NCc2ccc(F)c(Br)c2)c1. The number of hydrogen-bond donors (Lipinski definition) is 1. The van der Waals surface area contributed by atoms with Crippen LogP contribution in [0.4, 0.5) is 10.1 Å². The van der Waals surface area contributed by atoms with Gasteiger partial charge in [-0.1, -0.05) is 12.1 Å². The second-order valence-electron chi connectivity index (χ2n) is 4.48. The highest BCUT2D eigenvalue weighted by Gasteiger charge is 2.01. The first kappa shape index (κ1) is 13.1. The predicted octanol–water partition coefficient (Wildman–Crippen LogP) is 4.82. The second kappa shape index (κ2) is 5.53. The van der Waals surface area contributed by atoms with Crippen LogP contribution in [0.1, 0.15) is 16.7 Å². The van der Waals surface area contributed by atoms with Crippen LogP contribution in [-0.2, 0) is 6.54 Å². The Balaban J connectivity index is 2.08. The average Bonchev–Trinajstić information content (AvgIpc) is 2.29. The maximum atomic E-state index is 13.1. The summed E-state index contributed by atoms with van der Waals surface area (Å²) in [6.45, 7) is 4.83. The van der Waals surface area contributed by atoms with E-state index >= 15 is 0 Å². The van der Waals surface area contributed by atoms with Crippen LogP contribution in [0.5, 0.6) is 0 Å². The van der Waals surface area contributed by atoms with Crippen molar-refractivity contribution in [3.05, 3.63) is 63.4 Å². The molecule has 0 unspecified atom stereocenters. The van der Waals surface area contributed by atoms with Gasteiger partial charge in [-0.3, -0.25) is 0 Å². The summed E-state index contributed by atoms with van der Waals surface area (Å²) >= 11 is 3.19. The number of hydrogen-bond acceptors (Lipinski definition) is 1. The third-order valence-corrected chi connectivity index (χ3v) is 3.31. The largest absolute Gasteiger partial charge is 0.381 e. The van der Waals surface area contributed by atoms with E-state index in [0.717, 1.165) is 11.3 Å². The molecule has 0 fully saturated rings. The Morgan fingerprint density at radius 3 is 2.33 bits per heavy atom. The van der Waals surface area contributed by atoms with Crippen molar-refractivity contribution in [1.29, 1.82) is 0 Å². The summed E-state index contributed by atoms with van der Waals surface area (Å²) in [5.74, 6) is -0.231. The maximum absolute atomic E-state index is 13.1. The van der Waals surface area contributed by atoms with Gasteiger partial charge in [0, 0.05) is 12.2 Å². The highest BCUT2D eigenvalue weighted by atomic mass is 79.9. The van der Waals surface area contributed by atoms with Crippen LogP contribution in [0, 0.1) is 19.7 Å². The van der Waals surface area contributed by atoms with Gasteiger partial charge >= 0.3 is 0 Å². The van der Waals surface area contributed by atoms with Crippen LogP contribution in [0.15, 0.2) is 40.9 Å². The Labute approximate surface area is 115 Å². The molecule has 3 heteroatoms. The van der Waals surface area contributed by atoms with E-state index < -0.39 is 0 Å². The number of nitrogens with one attached hydrogen (secondary N) is 1. The lowest BCUT2D eigenvalue weighted by atomic mass is 10.1. The third kappa shape index (κ3) is 3.33. The van der Waals surface area contributed by atoms with Crippen LogP contribution in [-0.4, -0.2) is 0 Å². The molecule has 0 bridgehead atoms. The molecular weight excluding hydrogens is 293 g/mol. The van der Waals surface area contributed by atoms with Crippen LogP contribution in [0.25, 0.3) is 0 Å². The van der Waals surface area contributed by atoms with Gasteiger partial charge in [-0.15, -0.1) is 0 Å². The van der Waals surface area contributed by atoms with Gasteiger partial charge in [0.05, 0.1) is 4.47 Å². The minimum atomic E-state index is -0.231. The molecule has 1 nitrogen and oxygen atoms in total. The van der Waals surface area contributed by atoms with Crippen LogP contribution in [0.2, 0.25) is 0 Å². The van der Waals surface area contributed by atoms with E-state index in [2.05, 4.69) is 53.3 Å². The molecular formula is C15H15BrFN. The molecule has 0 aliphatic carbocycles. The normalized spacial score (nSPS) is 10.4. The molecule has 0 atom stereocenters. The van der Waals surface area contributed by atoms with Gasteiger partial charge in [0.25, 0.3) is 0 Å². The first-order valence-corrected chi connectivity index (χ1v) is 6.60. The van der Waals surface area contributed by atoms with Crippen molar-refractivity contribution < 1.29 is 4.39 Å². The maximum Gasteiger partial charge on any atom is 0.137 e. The molecule has 1 N–H and O–H groups in total. The fraction of sp³-hybridized carbons (Fsp3) is 0.200. The standard InChI is InChI=1S/C15H15BrFN/c1-10-5-11(2)7-13(6-10)18-9-12-3-4-15(17)14(16)8-12/h3-8,18H,9H2,1-2H3. The Morgan fingerprint density at radius 2 is 1.72 bits per heavy atom. The van der Waals surface area contributed by atoms with E-state index in [1.807, 2.05) is 0 Å². The zero-order valence-electron chi connectivity index (χ0n) is 10.4. The van der Waals surface area contributed by atoms with Crippen molar-refractivity contribution in [1.82, 2.24) is 0 Å². The van der Waals surface area contributed by atoms with Crippen molar-refractivity contribution in [2.24, 2.45) is 0 Å². The van der Waals surface area contributed by atoms with Gasteiger partial charge in [0.15, 0.2) is 0 Å². The molecule has 0 aromatic heterocycles. The summed E-state index contributed by atoms with van der Waals surface area (Å²) < 4.78 is 13.6. The zero-order valence-corrected chi connectivity index (χ0v) is 12.0. The number of rotatable bonds is 3. The Bertz CT molecular complexity index is 546. The molecule has 2 aromatic rings. The number of anilines is 1. The van der Waals surface area contributed by atoms with E-state index in [0.29, 0.717) is 11.0 Å². The van der Waals surface area contributed by atoms with Crippen molar-refractivity contribution >= 4 is 21.6 Å². The van der Waals surface area contributed by atoms with Crippen LogP contribution < -0.4 is 5.32 Å². The molecule has 0 spiro atoms. The van der Waals surface area contributed by atoms with E-state index in [4.69, 9.17) is 0 Å². The van der Waals surface area contributed by atoms with E-state index in [-0.39, 0.29) is 5.82 Å². The summed E-state index contributed by atoms with van der Waals surface area (Å²) in [6.07, 6.45) is 0. The second-order valence-corrected chi connectivity index (χ2v) is 5.33. The Kier molecular flexibility index (Phi) is 4.02. The van der Waals surface area contributed by atoms with Crippen LogP contribution in [0.3, 0.4) is 0 Å². The highest BCUT2D eigenvalue weighted by molar-refractivity contribution is 9.10. The van der Waals surface area contributed by atoms with Gasteiger partial charge in [-0.05, 0) is 70.7 Å². The molecule has 0 radical (unpaired) electrons. The summed E-state index contributed by atoms with van der Waals surface area (Å²) in [7, 11) is 0. The molecule has 2 rings (SSSR count). The summed E-state index contributed by atoms with van der Waals surface area (Å²) in [5.41, 5.74) is 4.60. The van der Waals surface area contributed by atoms with Gasteiger partial charge < -0.3 is 5.32 Å². The third-order valence-electron chi connectivity index (χ3n) is 2.70. The predicted molar refractivity (Wildman–Crippen MR) is 77.3 cm³/mol. The smallest absolute Gasteiger partial charge is 0.137 e. The van der Waals surface area contributed by atoms with Gasteiger partial charge in [0.2, 0.25) is 0 Å². The van der Waals surface area contributed by atoms with E-state index in [1.54, 1.807) is 12.1 Å². The quantitative estimate of drug-likeness (QED) is 0.857. The minimum absolute atomic E-state index is 0.231. The summed E-state index contributed by atoms with van der Waals surface area (Å²) in [6, 6.07) is 11.4. The lowest BCUT2D eigenvalue weighted by Gasteiger charge is -2.09. The fourth-order valence-corrected chi connectivity index (χ4v) is 2.36. The Morgan fingerprint density at radius 1 is 1.06 bits per heavy atom. The first-order chi connectivity index (χ1) is 8.54. The summed E-state index contributed by atoms with van der Waals surface area (Å²) in [4.78, 5) is 0. The van der Waals surface area contributed by atoms with E-state index in [1.165, 1.54) is 17.2 Å². The molecule has 0 amide bonds. The van der Waals surface area contributed by atoms with Crippen LogP contribution >= 0.6 is 15.9 Å². The van der Waals surface area contributed by atoms with E-state index in [9.17, 15) is 4.39 Å².